The van der Waals surface area contributed by atoms with Crippen molar-refractivity contribution in [3.63, 3.8) is 0 Å². The third-order valence-corrected chi connectivity index (χ3v) is 4.11. The monoisotopic (exact) mass is 300 g/mol. The summed E-state index contributed by atoms with van der Waals surface area (Å²) in [5.41, 5.74) is 3.60. The van der Waals surface area contributed by atoms with E-state index in [2.05, 4.69) is 46.0 Å². The molecule has 0 spiro atoms. The number of piperazine rings is 1. The third-order valence-electron chi connectivity index (χ3n) is 4.11. The molecule has 0 unspecified atom stereocenters. The van der Waals surface area contributed by atoms with E-state index in [1.54, 1.807) is 7.11 Å². The SMILES string of the molecule is COc1ccc(-n2ncc(N3CCNCC3)c2C(C)C)cc1. The number of ether oxygens (including phenoxy) is 1. The normalized spacial score (nSPS) is 15.4. The fourth-order valence-electron chi connectivity index (χ4n) is 2.97. The molecule has 1 aliphatic rings. The predicted molar refractivity (Wildman–Crippen MR) is 89.3 cm³/mol. The first kappa shape index (κ1) is 14.9. The van der Waals surface area contributed by atoms with Crippen molar-refractivity contribution in [2.75, 3.05) is 38.2 Å². The minimum absolute atomic E-state index is 0.412. The smallest absolute Gasteiger partial charge is 0.119 e. The first-order chi connectivity index (χ1) is 10.7. The molecule has 0 atom stereocenters. The fraction of sp³-hybridized carbons (Fsp3) is 0.471. The molecule has 0 saturated carbocycles. The molecule has 0 amide bonds. The summed E-state index contributed by atoms with van der Waals surface area (Å²) >= 11 is 0. The Hall–Kier alpha value is -2.01. The van der Waals surface area contributed by atoms with Crippen molar-refractivity contribution in [2.45, 2.75) is 19.8 Å². The largest absolute Gasteiger partial charge is 0.497 e. The molecule has 3 rings (SSSR count). The number of methoxy groups -OCH3 is 1. The maximum atomic E-state index is 5.24. The molecule has 1 N–H and O–H groups in total. The van der Waals surface area contributed by atoms with Gasteiger partial charge in [-0.15, -0.1) is 0 Å². The zero-order valence-electron chi connectivity index (χ0n) is 13.5. The minimum atomic E-state index is 0.412. The Morgan fingerprint density at radius 2 is 1.82 bits per heavy atom. The first-order valence-electron chi connectivity index (χ1n) is 7.88. The van der Waals surface area contributed by atoms with Crippen molar-refractivity contribution in [1.82, 2.24) is 15.1 Å². The number of benzene rings is 1. The standard InChI is InChI=1S/C17H24N4O/c1-13(2)17-16(20-10-8-18-9-11-20)12-19-21(17)14-4-6-15(22-3)7-5-14/h4-7,12-13,18H,8-11H2,1-3H3. The Balaban J connectivity index is 1.98. The molecule has 1 fully saturated rings. The number of hydrogen-bond donors (Lipinski definition) is 1. The minimum Gasteiger partial charge on any atom is -0.497 e. The Labute approximate surface area is 131 Å². The lowest BCUT2D eigenvalue weighted by molar-refractivity contribution is 0.414. The van der Waals surface area contributed by atoms with Crippen LogP contribution in [0.2, 0.25) is 0 Å². The van der Waals surface area contributed by atoms with E-state index in [0.717, 1.165) is 37.6 Å². The lowest BCUT2D eigenvalue weighted by atomic mass is 10.1. The van der Waals surface area contributed by atoms with Crippen LogP contribution in [0.25, 0.3) is 5.69 Å². The summed E-state index contributed by atoms with van der Waals surface area (Å²) in [6.07, 6.45) is 2.00. The zero-order valence-corrected chi connectivity index (χ0v) is 13.5. The van der Waals surface area contributed by atoms with Crippen LogP contribution in [0.3, 0.4) is 0 Å². The van der Waals surface area contributed by atoms with Crippen LogP contribution in [0.5, 0.6) is 5.75 Å². The van der Waals surface area contributed by atoms with Gasteiger partial charge < -0.3 is 15.0 Å². The topological polar surface area (TPSA) is 42.3 Å². The van der Waals surface area contributed by atoms with E-state index in [0.29, 0.717) is 5.92 Å². The van der Waals surface area contributed by atoms with Gasteiger partial charge in [0.25, 0.3) is 0 Å². The van der Waals surface area contributed by atoms with E-state index < -0.39 is 0 Å². The number of nitrogens with one attached hydrogen (secondary N) is 1. The fourth-order valence-corrected chi connectivity index (χ4v) is 2.97. The van der Waals surface area contributed by atoms with Crippen LogP contribution < -0.4 is 15.0 Å². The van der Waals surface area contributed by atoms with Crippen LogP contribution in [0.15, 0.2) is 30.5 Å². The van der Waals surface area contributed by atoms with E-state index >= 15 is 0 Å². The average molecular weight is 300 g/mol. The van der Waals surface area contributed by atoms with E-state index in [9.17, 15) is 0 Å². The average Bonchev–Trinajstić information content (AvgIpc) is 3.01. The summed E-state index contributed by atoms with van der Waals surface area (Å²) in [7, 11) is 1.69. The molecule has 2 heterocycles. The molecule has 0 aliphatic carbocycles. The van der Waals surface area contributed by atoms with Gasteiger partial charge in [-0.05, 0) is 30.2 Å². The molecular formula is C17H24N4O. The van der Waals surface area contributed by atoms with Crippen molar-refractivity contribution >= 4 is 5.69 Å². The van der Waals surface area contributed by atoms with Gasteiger partial charge in [-0.3, -0.25) is 0 Å². The molecule has 0 bridgehead atoms. The second-order valence-electron chi connectivity index (χ2n) is 5.92. The highest BCUT2D eigenvalue weighted by Crippen LogP contribution is 2.30. The second-order valence-corrected chi connectivity index (χ2v) is 5.92. The molecule has 1 aliphatic heterocycles. The highest BCUT2D eigenvalue weighted by atomic mass is 16.5. The summed E-state index contributed by atoms with van der Waals surface area (Å²) in [4.78, 5) is 2.43. The van der Waals surface area contributed by atoms with Gasteiger partial charge in [0, 0.05) is 26.2 Å². The summed E-state index contributed by atoms with van der Waals surface area (Å²) < 4.78 is 7.30. The number of aromatic nitrogens is 2. The van der Waals surface area contributed by atoms with E-state index in [1.165, 1.54) is 11.4 Å². The van der Waals surface area contributed by atoms with Crippen LogP contribution in [0.1, 0.15) is 25.5 Å². The van der Waals surface area contributed by atoms with Gasteiger partial charge in [-0.2, -0.15) is 5.10 Å². The molecule has 5 heteroatoms. The molecule has 2 aromatic rings. The van der Waals surface area contributed by atoms with E-state index in [1.807, 2.05) is 18.3 Å². The zero-order chi connectivity index (χ0) is 15.5. The van der Waals surface area contributed by atoms with Crippen molar-refractivity contribution in [3.05, 3.63) is 36.2 Å². The maximum Gasteiger partial charge on any atom is 0.119 e. The van der Waals surface area contributed by atoms with Gasteiger partial charge in [0.15, 0.2) is 0 Å². The van der Waals surface area contributed by atoms with Crippen LogP contribution in [0, 0.1) is 0 Å². The summed E-state index contributed by atoms with van der Waals surface area (Å²) in [5.74, 6) is 1.28. The Morgan fingerprint density at radius 3 is 2.41 bits per heavy atom. The third kappa shape index (κ3) is 2.81. The van der Waals surface area contributed by atoms with Gasteiger partial charge in [0.05, 0.1) is 30.4 Å². The second kappa shape index (κ2) is 6.40. The Kier molecular flexibility index (Phi) is 4.34. The molecule has 1 saturated heterocycles. The van der Waals surface area contributed by atoms with Crippen LogP contribution >= 0.6 is 0 Å². The van der Waals surface area contributed by atoms with Gasteiger partial charge in [-0.1, -0.05) is 13.8 Å². The van der Waals surface area contributed by atoms with Crippen molar-refractivity contribution in [2.24, 2.45) is 0 Å². The lowest BCUT2D eigenvalue weighted by Gasteiger charge is -2.30. The van der Waals surface area contributed by atoms with Gasteiger partial charge in [0.2, 0.25) is 0 Å². The molecule has 1 aromatic carbocycles. The molecule has 1 aromatic heterocycles. The summed E-state index contributed by atoms with van der Waals surface area (Å²) in [5, 5.41) is 8.05. The number of nitrogens with zero attached hydrogens (tertiary/aromatic N) is 3. The summed E-state index contributed by atoms with van der Waals surface area (Å²) in [6, 6.07) is 8.07. The first-order valence-corrected chi connectivity index (χ1v) is 7.88. The Morgan fingerprint density at radius 1 is 1.14 bits per heavy atom. The van der Waals surface area contributed by atoms with Crippen molar-refractivity contribution in [3.8, 4) is 11.4 Å². The Bertz CT molecular complexity index is 612. The maximum absolute atomic E-state index is 5.24. The van der Waals surface area contributed by atoms with Crippen LogP contribution in [-0.2, 0) is 0 Å². The highest BCUT2D eigenvalue weighted by Gasteiger charge is 2.21. The van der Waals surface area contributed by atoms with Crippen molar-refractivity contribution < 1.29 is 4.74 Å². The molecule has 0 radical (unpaired) electrons. The number of rotatable bonds is 4. The predicted octanol–water partition coefficient (Wildman–Crippen LogP) is 2.41. The van der Waals surface area contributed by atoms with E-state index in [4.69, 9.17) is 4.74 Å². The molecular weight excluding hydrogens is 276 g/mol. The lowest BCUT2D eigenvalue weighted by Crippen LogP contribution is -2.43. The van der Waals surface area contributed by atoms with E-state index in [-0.39, 0.29) is 0 Å². The number of anilines is 1. The molecule has 5 nitrogen and oxygen atoms in total. The summed E-state index contributed by atoms with van der Waals surface area (Å²) in [6.45, 7) is 8.59. The quantitative estimate of drug-likeness (QED) is 0.941. The highest BCUT2D eigenvalue weighted by molar-refractivity contribution is 5.54. The van der Waals surface area contributed by atoms with Crippen LogP contribution in [0.4, 0.5) is 5.69 Å². The van der Waals surface area contributed by atoms with Gasteiger partial charge >= 0.3 is 0 Å². The van der Waals surface area contributed by atoms with Crippen LogP contribution in [-0.4, -0.2) is 43.1 Å². The molecule has 118 valence electrons. The van der Waals surface area contributed by atoms with Crippen molar-refractivity contribution in [1.29, 1.82) is 0 Å². The van der Waals surface area contributed by atoms with Gasteiger partial charge in [-0.25, -0.2) is 4.68 Å². The van der Waals surface area contributed by atoms with Gasteiger partial charge in [0.1, 0.15) is 5.75 Å². The number of hydrogen-bond acceptors (Lipinski definition) is 4. The molecule has 22 heavy (non-hydrogen) atoms.